The summed E-state index contributed by atoms with van der Waals surface area (Å²) < 4.78 is 16.7. The Labute approximate surface area is 310 Å². The van der Waals surface area contributed by atoms with Crippen LogP contribution in [0.5, 0.6) is 0 Å². The van der Waals surface area contributed by atoms with E-state index in [9.17, 15) is 14.4 Å². The molecule has 0 aromatic heterocycles. The third-order valence-corrected chi connectivity index (χ3v) is 9.79. The molecule has 296 valence electrons. The molecule has 0 aliphatic rings. The van der Waals surface area contributed by atoms with Gasteiger partial charge in [0.15, 0.2) is 6.10 Å². The molecule has 0 aromatic carbocycles. The first-order valence-corrected chi connectivity index (χ1v) is 21.9. The van der Waals surface area contributed by atoms with Crippen LogP contribution in [0, 0.1) is 5.92 Å². The first-order chi connectivity index (χ1) is 24.4. The minimum atomic E-state index is -0.758. The van der Waals surface area contributed by atoms with Crippen LogP contribution in [0.2, 0.25) is 0 Å². The largest absolute Gasteiger partial charge is 0.462 e. The first-order valence-electron chi connectivity index (χ1n) is 21.9. The van der Waals surface area contributed by atoms with E-state index in [4.69, 9.17) is 14.2 Å². The monoisotopic (exact) mass is 709 g/mol. The fourth-order valence-electron chi connectivity index (χ4n) is 6.45. The summed E-state index contributed by atoms with van der Waals surface area (Å²) in [6.45, 7) is 8.94. The van der Waals surface area contributed by atoms with Gasteiger partial charge < -0.3 is 14.2 Å². The van der Waals surface area contributed by atoms with Crippen molar-refractivity contribution in [3.8, 4) is 0 Å². The standard InChI is InChI=1S/C44H84O6/c1-5-7-9-11-13-15-19-23-27-31-35-42(45)48-38-41(50-44(47)37-33-29-25-20-16-14-12-10-8-6-2)39-49-43(46)36-32-28-24-21-17-18-22-26-30-34-40(3)4/h40-41H,5-39H2,1-4H3/t41-/m0/s1. The van der Waals surface area contributed by atoms with Crippen molar-refractivity contribution in [3.05, 3.63) is 0 Å². The number of carbonyl (C=O) groups is 3. The van der Waals surface area contributed by atoms with Gasteiger partial charge in [-0.05, 0) is 25.2 Å². The van der Waals surface area contributed by atoms with Crippen molar-refractivity contribution in [2.45, 2.75) is 246 Å². The molecule has 0 amide bonds. The highest BCUT2D eigenvalue weighted by molar-refractivity contribution is 5.71. The second-order valence-corrected chi connectivity index (χ2v) is 15.5. The Balaban J connectivity index is 4.33. The maximum absolute atomic E-state index is 12.6. The number of unbranched alkanes of at least 4 members (excludes halogenated alkanes) is 26. The van der Waals surface area contributed by atoms with Crippen LogP contribution in [0.3, 0.4) is 0 Å². The minimum Gasteiger partial charge on any atom is -0.462 e. The normalized spacial score (nSPS) is 11.9. The fraction of sp³-hybridized carbons (Fsp3) is 0.932. The zero-order valence-corrected chi connectivity index (χ0v) is 33.9. The predicted molar refractivity (Wildman–Crippen MR) is 210 cm³/mol. The van der Waals surface area contributed by atoms with E-state index >= 15 is 0 Å². The zero-order chi connectivity index (χ0) is 36.8. The van der Waals surface area contributed by atoms with E-state index in [1.54, 1.807) is 0 Å². The third kappa shape index (κ3) is 37.7. The van der Waals surface area contributed by atoms with Gasteiger partial charge in [0.25, 0.3) is 0 Å². The van der Waals surface area contributed by atoms with Gasteiger partial charge in [-0.2, -0.15) is 0 Å². The molecule has 1 atom stereocenters. The van der Waals surface area contributed by atoms with Crippen LogP contribution >= 0.6 is 0 Å². The van der Waals surface area contributed by atoms with Gasteiger partial charge in [0.2, 0.25) is 0 Å². The Kier molecular flexibility index (Phi) is 37.4. The Morgan fingerprint density at radius 1 is 0.380 bits per heavy atom. The second-order valence-electron chi connectivity index (χ2n) is 15.5. The van der Waals surface area contributed by atoms with Crippen LogP contribution < -0.4 is 0 Å². The molecular formula is C44H84O6. The average Bonchev–Trinajstić information content (AvgIpc) is 3.09. The van der Waals surface area contributed by atoms with Gasteiger partial charge >= 0.3 is 17.9 Å². The predicted octanol–water partition coefficient (Wildman–Crippen LogP) is 13.6. The molecule has 0 aromatic rings. The summed E-state index contributed by atoms with van der Waals surface area (Å²) in [5.74, 6) is -0.0514. The maximum atomic E-state index is 12.6. The van der Waals surface area contributed by atoms with E-state index in [0.717, 1.165) is 63.7 Å². The first kappa shape index (κ1) is 48.4. The van der Waals surface area contributed by atoms with E-state index in [2.05, 4.69) is 27.7 Å². The van der Waals surface area contributed by atoms with Crippen LogP contribution in [-0.2, 0) is 28.6 Å². The molecule has 0 radical (unpaired) electrons. The molecule has 0 aliphatic heterocycles. The van der Waals surface area contributed by atoms with Crippen molar-refractivity contribution >= 4 is 17.9 Å². The molecule has 0 fully saturated rings. The number of esters is 3. The van der Waals surface area contributed by atoms with E-state index in [0.29, 0.717) is 19.3 Å². The van der Waals surface area contributed by atoms with Gasteiger partial charge in [0.05, 0.1) is 0 Å². The van der Waals surface area contributed by atoms with Gasteiger partial charge in [-0.3, -0.25) is 14.4 Å². The Hall–Kier alpha value is -1.59. The zero-order valence-electron chi connectivity index (χ0n) is 33.9. The fourth-order valence-corrected chi connectivity index (χ4v) is 6.45. The van der Waals surface area contributed by atoms with Crippen LogP contribution in [0.4, 0.5) is 0 Å². The maximum Gasteiger partial charge on any atom is 0.306 e. The van der Waals surface area contributed by atoms with Crippen molar-refractivity contribution < 1.29 is 28.6 Å². The van der Waals surface area contributed by atoms with Crippen LogP contribution in [-0.4, -0.2) is 37.2 Å². The van der Waals surface area contributed by atoms with Gasteiger partial charge in [0, 0.05) is 19.3 Å². The lowest BCUT2D eigenvalue weighted by atomic mass is 10.0. The smallest absolute Gasteiger partial charge is 0.306 e. The van der Waals surface area contributed by atoms with Gasteiger partial charge in [-0.15, -0.1) is 0 Å². The molecule has 50 heavy (non-hydrogen) atoms. The molecule has 0 saturated carbocycles. The lowest BCUT2D eigenvalue weighted by Gasteiger charge is -2.18. The summed E-state index contributed by atoms with van der Waals surface area (Å²) >= 11 is 0. The number of hydrogen-bond donors (Lipinski definition) is 0. The molecule has 0 bridgehead atoms. The molecule has 0 saturated heterocycles. The van der Waals surface area contributed by atoms with E-state index in [1.165, 1.54) is 135 Å². The van der Waals surface area contributed by atoms with Gasteiger partial charge in [-0.25, -0.2) is 0 Å². The van der Waals surface area contributed by atoms with Crippen molar-refractivity contribution in [2.75, 3.05) is 13.2 Å². The molecule has 6 nitrogen and oxygen atoms in total. The van der Waals surface area contributed by atoms with Crippen LogP contribution in [0.1, 0.15) is 240 Å². The Morgan fingerprint density at radius 3 is 0.980 bits per heavy atom. The molecule has 0 spiro atoms. The summed E-state index contributed by atoms with van der Waals surface area (Å²) in [5.41, 5.74) is 0. The number of rotatable bonds is 39. The molecule has 0 rings (SSSR count). The van der Waals surface area contributed by atoms with E-state index in [1.807, 2.05) is 0 Å². The van der Waals surface area contributed by atoms with E-state index < -0.39 is 6.10 Å². The minimum absolute atomic E-state index is 0.0644. The number of ether oxygens (including phenoxy) is 3. The Bertz CT molecular complexity index is 751. The second kappa shape index (κ2) is 38.6. The highest BCUT2D eigenvalue weighted by Gasteiger charge is 2.19. The summed E-state index contributed by atoms with van der Waals surface area (Å²) in [6.07, 6.45) is 36.6. The molecule has 0 N–H and O–H groups in total. The molecule has 6 heteroatoms. The van der Waals surface area contributed by atoms with Crippen molar-refractivity contribution in [2.24, 2.45) is 5.92 Å². The average molecular weight is 709 g/mol. The summed E-state index contributed by atoms with van der Waals surface area (Å²) in [7, 11) is 0. The summed E-state index contributed by atoms with van der Waals surface area (Å²) in [5, 5.41) is 0. The molecule has 0 heterocycles. The lowest BCUT2D eigenvalue weighted by molar-refractivity contribution is -0.167. The van der Waals surface area contributed by atoms with Gasteiger partial charge in [0.1, 0.15) is 13.2 Å². The van der Waals surface area contributed by atoms with Crippen molar-refractivity contribution in [3.63, 3.8) is 0 Å². The lowest BCUT2D eigenvalue weighted by Crippen LogP contribution is -2.30. The highest BCUT2D eigenvalue weighted by atomic mass is 16.6. The number of hydrogen-bond acceptors (Lipinski definition) is 6. The summed E-state index contributed by atoms with van der Waals surface area (Å²) in [4.78, 5) is 37.6. The Morgan fingerprint density at radius 2 is 0.660 bits per heavy atom. The van der Waals surface area contributed by atoms with Crippen molar-refractivity contribution in [1.29, 1.82) is 0 Å². The van der Waals surface area contributed by atoms with Gasteiger partial charge in [-0.1, -0.05) is 201 Å². The molecule has 0 unspecified atom stereocenters. The molecular weight excluding hydrogens is 624 g/mol. The van der Waals surface area contributed by atoms with Crippen LogP contribution in [0.15, 0.2) is 0 Å². The van der Waals surface area contributed by atoms with Crippen molar-refractivity contribution in [1.82, 2.24) is 0 Å². The quantitative estimate of drug-likeness (QED) is 0.0359. The highest BCUT2D eigenvalue weighted by Crippen LogP contribution is 2.16. The third-order valence-electron chi connectivity index (χ3n) is 9.79. The number of carbonyl (C=O) groups excluding carboxylic acids is 3. The summed E-state index contributed by atoms with van der Waals surface area (Å²) in [6, 6.07) is 0. The van der Waals surface area contributed by atoms with Crippen LogP contribution in [0.25, 0.3) is 0 Å². The SMILES string of the molecule is CCCCCCCCCCCCC(=O)OC[C@@H](COC(=O)CCCCCCCCCCCC(C)C)OC(=O)CCCCCCCCCCCC. The topological polar surface area (TPSA) is 78.9 Å². The molecule has 0 aliphatic carbocycles. The van der Waals surface area contributed by atoms with E-state index in [-0.39, 0.29) is 31.1 Å².